The molecule has 1 aliphatic rings. The van der Waals surface area contributed by atoms with Gasteiger partial charge in [-0.3, -0.25) is 4.79 Å². The predicted octanol–water partition coefficient (Wildman–Crippen LogP) is 0.308. The first-order valence-corrected chi connectivity index (χ1v) is 4.30. The van der Waals surface area contributed by atoms with Gasteiger partial charge >= 0.3 is 0 Å². The zero-order chi connectivity index (χ0) is 9.68. The van der Waals surface area contributed by atoms with Crippen LogP contribution in [0, 0.1) is 11.3 Å². The van der Waals surface area contributed by atoms with Crippen LogP contribution in [-0.4, -0.2) is 36.5 Å². The van der Waals surface area contributed by atoms with Gasteiger partial charge in [-0.2, -0.15) is 5.26 Å². The maximum absolute atomic E-state index is 11.3. The van der Waals surface area contributed by atoms with Crippen molar-refractivity contribution >= 4 is 18.3 Å². The van der Waals surface area contributed by atoms with Gasteiger partial charge in [0, 0.05) is 19.6 Å². The summed E-state index contributed by atoms with van der Waals surface area (Å²) in [5.74, 6) is -0.0817. The molecule has 0 aromatic carbocycles. The summed E-state index contributed by atoms with van der Waals surface area (Å²) in [5.41, 5.74) is 0. The summed E-state index contributed by atoms with van der Waals surface area (Å²) in [7, 11) is 0. The van der Waals surface area contributed by atoms with Crippen LogP contribution in [0.5, 0.6) is 0 Å². The molecule has 0 radical (unpaired) electrons. The molecule has 4 nitrogen and oxygen atoms in total. The van der Waals surface area contributed by atoms with Crippen LogP contribution in [0.3, 0.4) is 0 Å². The number of hydrogen-bond donors (Lipinski definition) is 1. The second-order valence-electron chi connectivity index (χ2n) is 2.96. The SMILES string of the molecule is C=CC(=O)N1CCNC[C@@H]1CC#N.Cl. The van der Waals surface area contributed by atoms with E-state index in [1.165, 1.54) is 6.08 Å². The molecular formula is C9H14ClN3O. The molecular weight excluding hydrogens is 202 g/mol. The van der Waals surface area contributed by atoms with Gasteiger partial charge in [-0.15, -0.1) is 12.4 Å². The van der Waals surface area contributed by atoms with Crippen LogP contribution in [0.25, 0.3) is 0 Å². The summed E-state index contributed by atoms with van der Waals surface area (Å²) >= 11 is 0. The van der Waals surface area contributed by atoms with Crippen molar-refractivity contribution < 1.29 is 4.79 Å². The molecule has 1 fully saturated rings. The molecule has 0 saturated carbocycles. The van der Waals surface area contributed by atoms with Crippen LogP contribution >= 0.6 is 12.4 Å². The van der Waals surface area contributed by atoms with Crippen LogP contribution in [0.2, 0.25) is 0 Å². The normalized spacial score (nSPS) is 20.5. The van der Waals surface area contributed by atoms with Gasteiger partial charge in [-0.25, -0.2) is 0 Å². The largest absolute Gasteiger partial charge is 0.333 e. The van der Waals surface area contributed by atoms with E-state index in [0.29, 0.717) is 19.5 Å². The first kappa shape index (κ1) is 12.9. The van der Waals surface area contributed by atoms with Crippen molar-refractivity contribution in [2.45, 2.75) is 12.5 Å². The second-order valence-corrected chi connectivity index (χ2v) is 2.96. The van der Waals surface area contributed by atoms with E-state index in [2.05, 4.69) is 18.0 Å². The van der Waals surface area contributed by atoms with E-state index >= 15 is 0 Å². The Morgan fingerprint density at radius 1 is 1.79 bits per heavy atom. The van der Waals surface area contributed by atoms with Gasteiger partial charge in [0.25, 0.3) is 0 Å². The minimum atomic E-state index is -0.0817. The summed E-state index contributed by atoms with van der Waals surface area (Å²) in [4.78, 5) is 13.0. The van der Waals surface area contributed by atoms with E-state index in [-0.39, 0.29) is 24.4 Å². The number of carbonyl (C=O) groups is 1. The van der Waals surface area contributed by atoms with Crippen molar-refractivity contribution in [1.82, 2.24) is 10.2 Å². The maximum Gasteiger partial charge on any atom is 0.246 e. The molecule has 0 bridgehead atoms. The minimum Gasteiger partial charge on any atom is -0.333 e. The monoisotopic (exact) mass is 215 g/mol. The number of nitrogens with one attached hydrogen (secondary N) is 1. The Balaban J connectivity index is 0.00000169. The Morgan fingerprint density at radius 3 is 3.07 bits per heavy atom. The van der Waals surface area contributed by atoms with Crippen LogP contribution in [0.15, 0.2) is 12.7 Å². The first-order valence-electron chi connectivity index (χ1n) is 4.30. The van der Waals surface area contributed by atoms with Crippen LogP contribution in [0.1, 0.15) is 6.42 Å². The fourth-order valence-corrected chi connectivity index (χ4v) is 1.46. The summed E-state index contributed by atoms with van der Waals surface area (Å²) in [5, 5.41) is 11.7. The van der Waals surface area contributed by atoms with E-state index in [0.717, 1.165) is 6.54 Å². The van der Waals surface area contributed by atoms with Gasteiger partial charge in [0.15, 0.2) is 0 Å². The lowest BCUT2D eigenvalue weighted by Crippen LogP contribution is -2.53. The third kappa shape index (κ3) is 3.02. The number of carbonyl (C=O) groups excluding carboxylic acids is 1. The van der Waals surface area contributed by atoms with E-state index in [9.17, 15) is 4.79 Å². The highest BCUT2D eigenvalue weighted by molar-refractivity contribution is 5.87. The Labute approximate surface area is 90.0 Å². The molecule has 1 atom stereocenters. The second kappa shape index (κ2) is 6.41. The van der Waals surface area contributed by atoms with Gasteiger partial charge in [0.05, 0.1) is 18.5 Å². The molecule has 1 aliphatic heterocycles. The summed E-state index contributed by atoms with van der Waals surface area (Å²) in [6.45, 7) is 5.59. The number of piperazine rings is 1. The summed E-state index contributed by atoms with van der Waals surface area (Å²) in [6, 6.07) is 2.08. The van der Waals surface area contributed by atoms with Crippen molar-refractivity contribution in [2.75, 3.05) is 19.6 Å². The molecule has 0 aromatic rings. The Kier molecular flexibility index (Phi) is 5.93. The van der Waals surface area contributed by atoms with Crippen molar-refractivity contribution in [1.29, 1.82) is 5.26 Å². The molecule has 14 heavy (non-hydrogen) atoms. The number of amides is 1. The quantitative estimate of drug-likeness (QED) is 0.675. The number of nitriles is 1. The van der Waals surface area contributed by atoms with Crippen LogP contribution in [0.4, 0.5) is 0 Å². The fraction of sp³-hybridized carbons (Fsp3) is 0.556. The van der Waals surface area contributed by atoms with Crippen molar-refractivity contribution in [3.63, 3.8) is 0 Å². The topological polar surface area (TPSA) is 56.1 Å². The van der Waals surface area contributed by atoms with E-state index in [1.54, 1.807) is 4.90 Å². The zero-order valence-electron chi connectivity index (χ0n) is 7.90. The Hall–Kier alpha value is -1.05. The molecule has 0 aromatic heterocycles. The highest BCUT2D eigenvalue weighted by atomic mass is 35.5. The highest BCUT2D eigenvalue weighted by Crippen LogP contribution is 2.07. The van der Waals surface area contributed by atoms with Crippen molar-refractivity contribution in [3.05, 3.63) is 12.7 Å². The predicted molar refractivity (Wildman–Crippen MR) is 56.0 cm³/mol. The van der Waals surface area contributed by atoms with Crippen LogP contribution in [-0.2, 0) is 4.79 Å². The van der Waals surface area contributed by atoms with E-state index < -0.39 is 0 Å². The molecule has 1 rings (SSSR count). The van der Waals surface area contributed by atoms with Crippen molar-refractivity contribution in [2.24, 2.45) is 0 Å². The summed E-state index contributed by atoms with van der Waals surface area (Å²) in [6.07, 6.45) is 1.68. The third-order valence-corrected chi connectivity index (χ3v) is 2.13. The zero-order valence-corrected chi connectivity index (χ0v) is 8.72. The number of halogens is 1. The Morgan fingerprint density at radius 2 is 2.50 bits per heavy atom. The van der Waals surface area contributed by atoms with Gasteiger partial charge in [0.2, 0.25) is 5.91 Å². The van der Waals surface area contributed by atoms with E-state index in [4.69, 9.17) is 5.26 Å². The molecule has 1 N–H and O–H groups in total. The lowest BCUT2D eigenvalue weighted by molar-refractivity contribution is -0.128. The minimum absolute atomic E-state index is 0. The van der Waals surface area contributed by atoms with E-state index in [1.807, 2.05) is 0 Å². The standard InChI is InChI=1S/C9H13N3O.ClH/c1-2-9(13)12-6-5-11-7-8(12)3-4-10;/h2,8,11H,1,3,5-7H2;1H/t8-;/m0./s1. The number of rotatable bonds is 2. The Bertz CT molecular complexity index is 249. The van der Waals surface area contributed by atoms with Gasteiger partial charge in [-0.1, -0.05) is 6.58 Å². The maximum atomic E-state index is 11.3. The molecule has 1 saturated heterocycles. The molecule has 0 spiro atoms. The fourth-order valence-electron chi connectivity index (χ4n) is 1.46. The molecule has 0 unspecified atom stereocenters. The van der Waals surface area contributed by atoms with Crippen LogP contribution < -0.4 is 5.32 Å². The lowest BCUT2D eigenvalue weighted by atomic mass is 10.1. The molecule has 0 aliphatic carbocycles. The van der Waals surface area contributed by atoms with Gasteiger partial charge in [-0.05, 0) is 6.08 Å². The van der Waals surface area contributed by atoms with Gasteiger partial charge in [0.1, 0.15) is 0 Å². The third-order valence-electron chi connectivity index (χ3n) is 2.13. The molecule has 78 valence electrons. The molecule has 1 amide bonds. The summed E-state index contributed by atoms with van der Waals surface area (Å²) < 4.78 is 0. The smallest absolute Gasteiger partial charge is 0.246 e. The average molecular weight is 216 g/mol. The number of nitrogens with zero attached hydrogens (tertiary/aromatic N) is 2. The lowest BCUT2D eigenvalue weighted by Gasteiger charge is -2.34. The molecule has 5 heteroatoms. The first-order chi connectivity index (χ1) is 6.29. The average Bonchev–Trinajstić information content (AvgIpc) is 2.18. The molecule has 1 heterocycles. The number of hydrogen-bond acceptors (Lipinski definition) is 3. The van der Waals surface area contributed by atoms with Gasteiger partial charge < -0.3 is 10.2 Å². The highest BCUT2D eigenvalue weighted by Gasteiger charge is 2.24. The van der Waals surface area contributed by atoms with Crippen molar-refractivity contribution in [3.8, 4) is 6.07 Å².